The molecule has 0 aromatic heterocycles. The van der Waals surface area contributed by atoms with Crippen molar-refractivity contribution in [1.29, 1.82) is 0 Å². The first-order valence-corrected chi connectivity index (χ1v) is 4.74. The Balaban J connectivity index is 2.56. The molecule has 0 spiro atoms. The molecule has 2 rings (SSSR count). The van der Waals surface area contributed by atoms with E-state index in [9.17, 15) is 0 Å². The lowest BCUT2D eigenvalue weighted by Crippen LogP contribution is -1.89. The molecule has 0 heterocycles. The normalized spacial score (nSPS) is 15.4. The highest BCUT2D eigenvalue weighted by Gasteiger charge is 2.26. The summed E-state index contributed by atoms with van der Waals surface area (Å²) in [5, 5.41) is 0. The van der Waals surface area contributed by atoms with E-state index in [0.29, 0.717) is 0 Å². The van der Waals surface area contributed by atoms with Crippen molar-refractivity contribution in [3.8, 4) is 0 Å². The quantitative estimate of drug-likeness (QED) is 0.646. The van der Waals surface area contributed by atoms with Crippen molar-refractivity contribution in [1.82, 2.24) is 0 Å². The number of hydrogen-bond acceptors (Lipinski definition) is 0. The van der Waals surface area contributed by atoms with E-state index >= 15 is 0 Å². The summed E-state index contributed by atoms with van der Waals surface area (Å²) in [5.74, 6) is 0.766. The zero-order valence-electron chi connectivity index (χ0n) is 7.79. The average molecular weight is 170 g/mol. The molecular formula is C13H14. The van der Waals surface area contributed by atoms with Gasteiger partial charge in [0.15, 0.2) is 0 Å². The van der Waals surface area contributed by atoms with Gasteiger partial charge in [0.25, 0.3) is 0 Å². The van der Waals surface area contributed by atoms with Gasteiger partial charge in [-0.15, -0.1) is 0 Å². The Morgan fingerprint density at radius 2 is 1.62 bits per heavy atom. The van der Waals surface area contributed by atoms with E-state index in [1.807, 2.05) is 12.2 Å². The van der Waals surface area contributed by atoms with Crippen LogP contribution in [0.2, 0.25) is 0 Å². The molecular weight excluding hydrogens is 156 g/mol. The monoisotopic (exact) mass is 170 g/mol. The van der Waals surface area contributed by atoms with Crippen LogP contribution in [-0.4, -0.2) is 0 Å². The summed E-state index contributed by atoms with van der Waals surface area (Å²) in [6, 6.07) is 6.33. The van der Waals surface area contributed by atoms with Gasteiger partial charge in [0.1, 0.15) is 0 Å². The van der Waals surface area contributed by atoms with Gasteiger partial charge in [-0.1, -0.05) is 43.5 Å². The summed E-state index contributed by atoms with van der Waals surface area (Å²) in [6.45, 7) is 7.69. The summed E-state index contributed by atoms with van der Waals surface area (Å²) >= 11 is 0. The lowest BCUT2D eigenvalue weighted by molar-refractivity contribution is 1.12. The minimum absolute atomic E-state index is 0.766. The average Bonchev–Trinajstić information content (AvgIpc) is 3.00. The van der Waals surface area contributed by atoms with Crippen LogP contribution in [0, 0.1) is 0 Å². The van der Waals surface area contributed by atoms with E-state index in [4.69, 9.17) is 0 Å². The standard InChI is InChI=1S/C13H14/c1-3-10-6-5-7-11(4-2)13(10)12-8-9-12/h3-7,12H,1-2,8-9H2. The molecule has 13 heavy (non-hydrogen) atoms. The second kappa shape index (κ2) is 3.21. The molecule has 1 aliphatic carbocycles. The molecule has 1 fully saturated rings. The van der Waals surface area contributed by atoms with Gasteiger partial charge in [0.05, 0.1) is 0 Å². The van der Waals surface area contributed by atoms with Crippen molar-refractivity contribution in [3.05, 3.63) is 48.0 Å². The minimum atomic E-state index is 0.766. The lowest BCUT2D eigenvalue weighted by Gasteiger charge is -2.08. The van der Waals surface area contributed by atoms with E-state index in [1.165, 1.54) is 29.5 Å². The molecule has 0 N–H and O–H groups in total. The third-order valence-corrected chi connectivity index (χ3v) is 2.60. The van der Waals surface area contributed by atoms with Crippen molar-refractivity contribution in [2.75, 3.05) is 0 Å². The van der Waals surface area contributed by atoms with E-state index in [-0.39, 0.29) is 0 Å². The fourth-order valence-electron chi connectivity index (χ4n) is 1.80. The Labute approximate surface area is 79.6 Å². The van der Waals surface area contributed by atoms with Gasteiger partial charge in [-0.2, -0.15) is 0 Å². The highest BCUT2D eigenvalue weighted by molar-refractivity contribution is 5.64. The van der Waals surface area contributed by atoms with Crippen molar-refractivity contribution in [2.24, 2.45) is 0 Å². The zero-order valence-corrected chi connectivity index (χ0v) is 7.79. The Hall–Kier alpha value is -1.30. The van der Waals surface area contributed by atoms with E-state index in [1.54, 1.807) is 0 Å². The minimum Gasteiger partial charge on any atom is -0.0985 e. The largest absolute Gasteiger partial charge is 0.0985 e. The van der Waals surface area contributed by atoms with E-state index < -0.39 is 0 Å². The van der Waals surface area contributed by atoms with Gasteiger partial charge in [-0.05, 0) is 35.4 Å². The lowest BCUT2D eigenvalue weighted by atomic mass is 9.97. The first-order valence-electron chi connectivity index (χ1n) is 4.74. The Kier molecular flexibility index (Phi) is 2.05. The van der Waals surface area contributed by atoms with Crippen molar-refractivity contribution >= 4 is 12.2 Å². The van der Waals surface area contributed by atoms with Crippen LogP contribution in [0.5, 0.6) is 0 Å². The van der Waals surface area contributed by atoms with Gasteiger partial charge in [0.2, 0.25) is 0 Å². The first kappa shape index (κ1) is 8.31. The number of hydrogen-bond donors (Lipinski definition) is 0. The molecule has 0 heteroatoms. The zero-order chi connectivity index (χ0) is 9.26. The molecule has 66 valence electrons. The molecule has 0 bridgehead atoms. The fourth-order valence-corrected chi connectivity index (χ4v) is 1.80. The summed E-state index contributed by atoms with van der Waals surface area (Å²) in [6.07, 6.45) is 6.54. The third-order valence-electron chi connectivity index (χ3n) is 2.60. The first-order chi connectivity index (χ1) is 6.36. The number of benzene rings is 1. The Morgan fingerprint density at radius 3 is 2.00 bits per heavy atom. The maximum absolute atomic E-state index is 3.84. The fraction of sp³-hybridized carbons (Fsp3) is 0.231. The van der Waals surface area contributed by atoms with Gasteiger partial charge >= 0.3 is 0 Å². The van der Waals surface area contributed by atoms with Crippen LogP contribution < -0.4 is 0 Å². The SMILES string of the molecule is C=Cc1cccc(C=C)c1C1CC1. The van der Waals surface area contributed by atoms with Gasteiger partial charge < -0.3 is 0 Å². The molecule has 1 aromatic rings. The topological polar surface area (TPSA) is 0 Å². The summed E-state index contributed by atoms with van der Waals surface area (Å²) in [4.78, 5) is 0. The van der Waals surface area contributed by atoms with Crippen LogP contribution in [0.3, 0.4) is 0 Å². The van der Waals surface area contributed by atoms with Crippen molar-refractivity contribution < 1.29 is 0 Å². The van der Waals surface area contributed by atoms with Crippen LogP contribution in [-0.2, 0) is 0 Å². The van der Waals surface area contributed by atoms with Crippen LogP contribution in [0.1, 0.15) is 35.4 Å². The van der Waals surface area contributed by atoms with Gasteiger partial charge in [-0.3, -0.25) is 0 Å². The molecule has 1 aromatic carbocycles. The number of rotatable bonds is 3. The summed E-state index contributed by atoms with van der Waals surface area (Å²) in [5.41, 5.74) is 4.01. The van der Waals surface area contributed by atoms with Crippen LogP contribution >= 0.6 is 0 Å². The van der Waals surface area contributed by atoms with Gasteiger partial charge in [-0.25, -0.2) is 0 Å². The van der Waals surface area contributed by atoms with Crippen LogP contribution in [0.25, 0.3) is 12.2 Å². The van der Waals surface area contributed by atoms with Gasteiger partial charge in [0, 0.05) is 0 Å². The summed E-state index contributed by atoms with van der Waals surface area (Å²) in [7, 11) is 0. The summed E-state index contributed by atoms with van der Waals surface area (Å²) < 4.78 is 0. The molecule has 0 unspecified atom stereocenters. The molecule has 1 aliphatic rings. The maximum Gasteiger partial charge on any atom is -0.0150 e. The van der Waals surface area contributed by atoms with E-state index in [0.717, 1.165) is 5.92 Å². The molecule has 0 radical (unpaired) electrons. The molecule has 1 saturated carbocycles. The molecule has 0 atom stereocenters. The van der Waals surface area contributed by atoms with Crippen molar-refractivity contribution in [3.63, 3.8) is 0 Å². The third kappa shape index (κ3) is 1.44. The van der Waals surface area contributed by atoms with Crippen molar-refractivity contribution in [2.45, 2.75) is 18.8 Å². The Bertz CT molecular complexity index is 317. The highest BCUT2D eigenvalue weighted by atomic mass is 14.3. The molecule has 0 saturated heterocycles. The second-order valence-electron chi connectivity index (χ2n) is 3.53. The smallest absolute Gasteiger partial charge is 0.0150 e. The maximum atomic E-state index is 3.84. The Morgan fingerprint density at radius 1 is 1.08 bits per heavy atom. The predicted octanol–water partition coefficient (Wildman–Crippen LogP) is 3.85. The highest BCUT2D eigenvalue weighted by Crippen LogP contribution is 2.43. The molecule has 0 aliphatic heterocycles. The van der Waals surface area contributed by atoms with E-state index in [2.05, 4.69) is 31.4 Å². The molecule has 0 nitrogen and oxygen atoms in total. The molecule has 0 amide bonds. The van der Waals surface area contributed by atoms with Crippen LogP contribution in [0.15, 0.2) is 31.4 Å². The second-order valence-corrected chi connectivity index (χ2v) is 3.53. The van der Waals surface area contributed by atoms with Crippen LogP contribution in [0.4, 0.5) is 0 Å². The predicted molar refractivity (Wildman–Crippen MR) is 58.6 cm³/mol.